The van der Waals surface area contributed by atoms with Gasteiger partial charge in [-0.1, -0.05) is 42.0 Å². The Kier molecular flexibility index (Phi) is 6.67. The number of ketones is 1. The maximum atomic E-state index is 12.9. The van der Waals surface area contributed by atoms with E-state index in [0.29, 0.717) is 5.56 Å². The van der Waals surface area contributed by atoms with E-state index in [2.05, 4.69) is 5.32 Å². The third-order valence-corrected chi connectivity index (χ3v) is 5.41. The molecule has 1 atom stereocenters. The number of anilines is 1. The van der Waals surface area contributed by atoms with Crippen LogP contribution in [-0.4, -0.2) is 17.0 Å². The van der Waals surface area contributed by atoms with E-state index in [1.165, 1.54) is 12.1 Å². The number of Topliss-reactive ketones (excluding diaryl/α,β-unsaturated/α-hetero) is 1. The minimum absolute atomic E-state index is 0.0348. The normalized spacial score (nSPS) is 11.7. The highest BCUT2D eigenvalue weighted by Crippen LogP contribution is 2.27. The van der Waals surface area contributed by atoms with E-state index in [1.54, 1.807) is 23.9 Å². The summed E-state index contributed by atoms with van der Waals surface area (Å²) in [5.74, 6) is 0.0403. The number of thioether (sulfide) groups is 1. The van der Waals surface area contributed by atoms with Gasteiger partial charge < -0.3 is 5.32 Å². The molecule has 3 rings (SSSR count). The number of carbonyl (C=O) groups excluding carboxylic acids is 1. The highest BCUT2D eigenvalue weighted by Gasteiger charge is 2.18. The van der Waals surface area contributed by atoms with Gasteiger partial charge in [0, 0.05) is 34.7 Å². The van der Waals surface area contributed by atoms with E-state index in [9.17, 15) is 14.9 Å². The number of non-ortho nitro benzene ring substituents is 1. The molecule has 0 saturated heterocycles. The molecule has 0 saturated carbocycles. The molecule has 0 spiro atoms. The van der Waals surface area contributed by atoms with Gasteiger partial charge in [-0.05, 0) is 43.0 Å². The number of benzene rings is 3. The Morgan fingerprint density at radius 3 is 2.34 bits per heavy atom. The van der Waals surface area contributed by atoms with Crippen LogP contribution in [0.25, 0.3) is 0 Å². The van der Waals surface area contributed by atoms with E-state index >= 15 is 0 Å². The van der Waals surface area contributed by atoms with E-state index in [1.807, 2.05) is 61.7 Å². The lowest BCUT2D eigenvalue weighted by Crippen LogP contribution is -2.16. The standard InChI is InChI=1S/C23H22N2O3S/c1-16-4-3-5-18(14-16)22(24-19-8-10-20(11-9-19)25(27)28)15-23(26)17-6-12-21(29-2)13-7-17/h3-14,22,24H,15H2,1-2H3. The Morgan fingerprint density at radius 1 is 1.07 bits per heavy atom. The largest absolute Gasteiger partial charge is 0.378 e. The van der Waals surface area contributed by atoms with Crippen LogP contribution in [0.3, 0.4) is 0 Å². The van der Waals surface area contributed by atoms with Gasteiger partial charge in [-0.3, -0.25) is 14.9 Å². The van der Waals surface area contributed by atoms with Crippen LogP contribution in [0.2, 0.25) is 0 Å². The zero-order chi connectivity index (χ0) is 20.8. The van der Waals surface area contributed by atoms with Gasteiger partial charge in [0.1, 0.15) is 0 Å². The smallest absolute Gasteiger partial charge is 0.269 e. The molecular formula is C23H22N2O3S. The van der Waals surface area contributed by atoms with Crippen molar-refractivity contribution in [3.05, 3.63) is 99.6 Å². The van der Waals surface area contributed by atoms with Crippen LogP contribution in [0, 0.1) is 17.0 Å². The lowest BCUT2D eigenvalue weighted by molar-refractivity contribution is -0.384. The number of nitro groups is 1. The van der Waals surface area contributed by atoms with Gasteiger partial charge in [-0.15, -0.1) is 11.8 Å². The van der Waals surface area contributed by atoms with Crippen molar-refractivity contribution in [2.75, 3.05) is 11.6 Å². The fourth-order valence-corrected chi connectivity index (χ4v) is 3.51. The van der Waals surface area contributed by atoms with Crippen LogP contribution in [0.1, 0.15) is 33.9 Å². The molecule has 3 aromatic rings. The zero-order valence-corrected chi connectivity index (χ0v) is 17.1. The summed E-state index contributed by atoms with van der Waals surface area (Å²) < 4.78 is 0. The van der Waals surface area contributed by atoms with Gasteiger partial charge in [0.15, 0.2) is 5.78 Å². The van der Waals surface area contributed by atoms with Gasteiger partial charge in [-0.25, -0.2) is 0 Å². The number of nitrogens with zero attached hydrogens (tertiary/aromatic N) is 1. The van der Waals surface area contributed by atoms with Crippen LogP contribution in [-0.2, 0) is 0 Å². The predicted molar refractivity (Wildman–Crippen MR) is 118 cm³/mol. The van der Waals surface area contributed by atoms with Gasteiger partial charge in [0.05, 0.1) is 11.0 Å². The molecular weight excluding hydrogens is 384 g/mol. The maximum absolute atomic E-state index is 12.9. The number of nitro benzene ring substituents is 1. The Morgan fingerprint density at radius 2 is 1.76 bits per heavy atom. The van der Waals surface area contributed by atoms with Crippen molar-refractivity contribution < 1.29 is 9.72 Å². The Hall–Kier alpha value is -3.12. The molecule has 5 nitrogen and oxygen atoms in total. The second kappa shape index (κ2) is 9.39. The van der Waals surface area contributed by atoms with Crippen molar-refractivity contribution in [1.82, 2.24) is 0 Å². The van der Waals surface area contributed by atoms with Crippen LogP contribution in [0.5, 0.6) is 0 Å². The average molecular weight is 407 g/mol. The summed E-state index contributed by atoms with van der Waals surface area (Å²) in [6, 6.07) is 21.6. The molecule has 0 heterocycles. The molecule has 6 heteroatoms. The number of carbonyl (C=O) groups is 1. The van der Waals surface area contributed by atoms with E-state index in [4.69, 9.17) is 0 Å². The minimum Gasteiger partial charge on any atom is -0.378 e. The Bertz CT molecular complexity index is 1000. The van der Waals surface area contributed by atoms with Crippen molar-refractivity contribution in [3.63, 3.8) is 0 Å². The first-order valence-electron chi connectivity index (χ1n) is 9.21. The number of aryl methyl sites for hydroxylation is 1. The quantitative estimate of drug-likeness (QED) is 0.213. The van der Waals surface area contributed by atoms with E-state index in [0.717, 1.165) is 21.7 Å². The van der Waals surface area contributed by atoms with Crippen molar-refractivity contribution in [1.29, 1.82) is 0 Å². The highest BCUT2D eigenvalue weighted by molar-refractivity contribution is 7.98. The third-order valence-electron chi connectivity index (χ3n) is 4.67. The number of rotatable bonds is 8. The van der Waals surface area contributed by atoms with Crippen molar-refractivity contribution in [3.8, 4) is 0 Å². The molecule has 3 aromatic carbocycles. The SMILES string of the molecule is CSc1ccc(C(=O)CC(Nc2ccc([N+](=O)[O-])cc2)c2cccc(C)c2)cc1. The third kappa shape index (κ3) is 5.45. The molecule has 0 fully saturated rings. The number of nitrogens with one attached hydrogen (secondary N) is 1. The van der Waals surface area contributed by atoms with Gasteiger partial charge in [0.2, 0.25) is 0 Å². The summed E-state index contributed by atoms with van der Waals surface area (Å²) in [6.45, 7) is 2.01. The van der Waals surface area contributed by atoms with Gasteiger partial charge >= 0.3 is 0 Å². The lowest BCUT2D eigenvalue weighted by Gasteiger charge is -2.20. The van der Waals surface area contributed by atoms with Crippen LogP contribution in [0.15, 0.2) is 77.7 Å². The van der Waals surface area contributed by atoms with E-state index in [-0.39, 0.29) is 23.9 Å². The van der Waals surface area contributed by atoms with Crippen LogP contribution in [0.4, 0.5) is 11.4 Å². The Balaban J connectivity index is 1.84. The summed E-state index contributed by atoms with van der Waals surface area (Å²) in [5, 5.41) is 14.2. The summed E-state index contributed by atoms with van der Waals surface area (Å²) in [4.78, 5) is 24.5. The molecule has 0 radical (unpaired) electrons. The fourth-order valence-electron chi connectivity index (χ4n) is 3.10. The van der Waals surface area contributed by atoms with Crippen molar-refractivity contribution >= 4 is 28.9 Å². The zero-order valence-electron chi connectivity index (χ0n) is 16.3. The van der Waals surface area contributed by atoms with E-state index < -0.39 is 4.92 Å². The van der Waals surface area contributed by atoms with Crippen molar-refractivity contribution in [2.24, 2.45) is 0 Å². The number of hydrogen-bond donors (Lipinski definition) is 1. The second-order valence-corrected chi connectivity index (χ2v) is 7.65. The molecule has 29 heavy (non-hydrogen) atoms. The molecule has 0 amide bonds. The monoisotopic (exact) mass is 406 g/mol. The predicted octanol–water partition coefficient (Wildman–Crippen LogP) is 6.05. The highest BCUT2D eigenvalue weighted by atomic mass is 32.2. The molecule has 0 aliphatic rings. The number of hydrogen-bond acceptors (Lipinski definition) is 5. The summed E-state index contributed by atoms with van der Waals surface area (Å²) in [5.41, 5.74) is 3.54. The molecule has 0 aliphatic heterocycles. The summed E-state index contributed by atoms with van der Waals surface area (Å²) in [7, 11) is 0. The average Bonchev–Trinajstić information content (AvgIpc) is 2.73. The molecule has 148 valence electrons. The summed E-state index contributed by atoms with van der Waals surface area (Å²) in [6.07, 6.45) is 2.28. The van der Waals surface area contributed by atoms with Gasteiger partial charge in [0.25, 0.3) is 5.69 Å². The minimum atomic E-state index is -0.427. The molecule has 1 unspecified atom stereocenters. The first-order chi connectivity index (χ1) is 14.0. The lowest BCUT2D eigenvalue weighted by atomic mass is 9.96. The molecule has 1 N–H and O–H groups in total. The second-order valence-electron chi connectivity index (χ2n) is 6.77. The van der Waals surface area contributed by atoms with Crippen molar-refractivity contribution in [2.45, 2.75) is 24.3 Å². The topological polar surface area (TPSA) is 72.2 Å². The molecule has 0 aromatic heterocycles. The summed E-state index contributed by atoms with van der Waals surface area (Å²) >= 11 is 1.63. The van der Waals surface area contributed by atoms with Crippen LogP contribution >= 0.6 is 11.8 Å². The molecule has 0 aliphatic carbocycles. The first-order valence-corrected chi connectivity index (χ1v) is 10.4. The van der Waals surface area contributed by atoms with Crippen LogP contribution < -0.4 is 5.32 Å². The maximum Gasteiger partial charge on any atom is 0.269 e. The Labute approximate surface area is 174 Å². The molecule has 0 bridgehead atoms. The van der Waals surface area contributed by atoms with Gasteiger partial charge in [-0.2, -0.15) is 0 Å². The first kappa shape index (κ1) is 20.6. The fraction of sp³-hybridized carbons (Fsp3) is 0.174.